The van der Waals surface area contributed by atoms with Crippen LogP contribution in [-0.2, 0) is 6.42 Å². The first kappa shape index (κ1) is 14.1. The Morgan fingerprint density at radius 2 is 2.05 bits per heavy atom. The molecule has 0 radical (unpaired) electrons. The predicted octanol–water partition coefficient (Wildman–Crippen LogP) is 4.52. The summed E-state index contributed by atoms with van der Waals surface area (Å²) in [6, 6.07) is 9.78. The summed E-state index contributed by atoms with van der Waals surface area (Å²) in [5, 5.41) is 3.80. The summed E-state index contributed by atoms with van der Waals surface area (Å²) in [4.78, 5) is 0. The average molecular weight is 271 g/mol. The number of rotatable bonds is 6. The molecule has 0 spiro atoms. The number of hydrogen-bond donors (Lipinski definition) is 1. The lowest BCUT2D eigenvalue weighted by atomic mass is 9.72. The van der Waals surface area contributed by atoms with E-state index in [-0.39, 0.29) is 0 Å². The van der Waals surface area contributed by atoms with Gasteiger partial charge < -0.3 is 5.32 Å². The highest BCUT2D eigenvalue weighted by molar-refractivity contribution is 5.39. The van der Waals surface area contributed by atoms with Gasteiger partial charge >= 0.3 is 0 Å². The molecule has 2 aliphatic carbocycles. The van der Waals surface area contributed by atoms with Crippen LogP contribution in [0.5, 0.6) is 0 Å². The number of nitrogens with one attached hydrogen (secondary N) is 1. The Kier molecular flexibility index (Phi) is 4.45. The van der Waals surface area contributed by atoms with Gasteiger partial charge in [-0.2, -0.15) is 0 Å². The van der Waals surface area contributed by atoms with Gasteiger partial charge in [0, 0.05) is 6.04 Å². The normalized spacial score (nSPS) is 29.8. The molecule has 1 fully saturated rings. The maximum Gasteiger partial charge on any atom is 0.0101 e. The maximum atomic E-state index is 3.80. The lowest BCUT2D eigenvalue weighted by molar-refractivity contribution is 0.307. The Hall–Kier alpha value is -0.820. The molecule has 0 saturated heterocycles. The molecule has 1 saturated carbocycles. The third-order valence-corrected chi connectivity index (χ3v) is 5.69. The molecule has 4 atom stereocenters. The molecule has 0 aromatic heterocycles. The molecule has 4 unspecified atom stereocenters. The minimum absolute atomic E-state index is 0.745. The van der Waals surface area contributed by atoms with Crippen molar-refractivity contribution < 1.29 is 0 Å². The molecule has 0 heterocycles. The summed E-state index contributed by atoms with van der Waals surface area (Å²) < 4.78 is 0. The average Bonchev–Trinajstić information content (AvgIpc) is 2.92. The number of benzene rings is 1. The summed E-state index contributed by atoms with van der Waals surface area (Å²) in [5.41, 5.74) is 3.21. The summed E-state index contributed by atoms with van der Waals surface area (Å²) in [6.07, 6.45) is 8.41. The van der Waals surface area contributed by atoms with Crippen LogP contribution in [0.3, 0.4) is 0 Å². The summed E-state index contributed by atoms with van der Waals surface area (Å²) in [5.74, 6) is 2.73. The lowest BCUT2D eigenvalue weighted by Crippen LogP contribution is -2.38. The van der Waals surface area contributed by atoms with Gasteiger partial charge in [-0.3, -0.25) is 0 Å². The molecule has 0 amide bonds. The van der Waals surface area contributed by atoms with E-state index in [0.717, 1.165) is 30.3 Å². The zero-order valence-corrected chi connectivity index (χ0v) is 13.1. The first-order chi connectivity index (χ1) is 9.81. The lowest BCUT2D eigenvalue weighted by Gasteiger charge is -2.35. The molecule has 20 heavy (non-hydrogen) atoms. The van der Waals surface area contributed by atoms with Crippen LogP contribution in [0.25, 0.3) is 0 Å². The van der Waals surface area contributed by atoms with Crippen molar-refractivity contribution in [3.8, 4) is 0 Å². The molecule has 110 valence electrons. The van der Waals surface area contributed by atoms with Crippen LogP contribution in [0.2, 0.25) is 0 Å². The maximum absolute atomic E-state index is 3.80. The first-order valence-electron chi connectivity index (χ1n) is 8.63. The molecule has 0 bridgehead atoms. The van der Waals surface area contributed by atoms with Gasteiger partial charge in [0.05, 0.1) is 0 Å². The van der Waals surface area contributed by atoms with E-state index in [4.69, 9.17) is 0 Å². The minimum atomic E-state index is 0.745. The molecule has 1 aromatic carbocycles. The third-order valence-electron chi connectivity index (χ3n) is 5.69. The fraction of sp³-hybridized carbons (Fsp3) is 0.684. The highest BCUT2D eigenvalue weighted by Gasteiger charge is 2.34. The van der Waals surface area contributed by atoms with E-state index in [9.17, 15) is 0 Å². The number of hydrogen-bond acceptors (Lipinski definition) is 1. The second kappa shape index (κ2) is 6.30. The Bertz CT molecular complexity index is 439. The van der Waals surface area contributed by atoms with E-state index in [1.807, 2.05) is 0 Å². The second-order valence-corrected chi connectivity index (χ2v) is 6.85. The summed E-state index contributed by atoms with van der Waals surface area (Å²) in [6.45, 7) is 5.73. The molecule has 0 aliphatic heterocycles. The largest absolute Gasteiger partial charge is 0.314 e. The second-order valence-electron chi connectivity index (χ2n) is 6.85. The minimum Gasteiger partial charge on any atom is -0.314 e. The van der Waals surface area contributed by atoms with Crippen molar-refractivity contribution in [1.82, 2.24) is 5.32 Å². The standard InChI is InChI=1S/C19H29N/c1-3-14-9-10-16(11-14)19(20-4-2)13-17-12-15-7-5-6-8-18(15)17/h5-8,14,16-17,19-20H,3-4,9-13H2,1-2H3. The van der Waals surface area contributed by atoms with Gasteiger partial charge in [0.1, 0.15) is 0 Å². The van der Waals surface area contributed by atoms with Crippen molar-refractivity contribution >= 4 is 0 Å². The third kappa shape index (κ3) is 2.79. The molecule has 1 nitrogen and oxygen atoms in total. The van der Waals surface area contributed by atoms with Crippen molar-refractivity contribution in [3.63, 3.8) is 0 Å². The smallest absolute Gasteiger partial charge is 0.0101 e. The molecule has 1 heteroatoms. The monoisotopic (exact) mass is 271 g/mol. The van der Waals surface area contributed by atoms with Crippen LogP contribution < -0.4 is 5.32 Å². The van der Waals surface area contributed by atoms with Gasteiger partial charge in [0.2, 0.25) is 0 Å². The highest BCUT2D eigenvalue weighted by Crippen LogP contribution is 2.42. The highest BCUT2D eigenvalue weighted by atomic mass is 14.9. The van der Waals surface area contributed by atoms with Crippen molar-refractivity contribution in [2.24, 2.45) is 11.8 Å². The van der Waals surface area contributed by atoms with E-state index >= 15 is 0 Å². The van der Waals surface area contributed by atoms with E-state index in [2.05, 4.69) is 43.4 Å². The molecular weight excluding hydrogens is 242 g/mol. The van der Waals surface area contributed by atoms with Gasteiger partial charge in [0.25, 0.3) is 0 Å². The fourth-order valence-corrected chi connectivity index (χ4v) is 4.43. The SMILES string of the molecule is CCNC(CC1Cc2ccccc21)C1CCC(CC)C1. The van der Waals surface area contributed by atoms with Crippen LogP contribution in [0.15, 0.2) is 24.3 Å². The Balaban J connectivity index is 1.61. The molecule has 1 aromatic rings. The van der Waals surface area contributed by atoms with Gasteiger partial charge in [-0.05, 0) is 61.1 Å². The van der Waals surface area contributed by atoms with E-state index in [0.29, 0.717) is 0 Å². The van der Waals surface area contributed by atoms with Crippen LogP contribution in [0.4, 0.5) is 0 Å². The van der Waals surface area contributed by atoms with Gasteiger partial charge in [-0.25, -0.2) is 0 Å². The van der Waals surface area contributed by atoms with Crippen molar-refractivity contribution in [2.75, 3.05) is 6.54 Å². The van der Waals surface area contributed by atoms with E-state index in [1.54, 1.807) is 11.1 Å². The van der Waals surface area contributed by atoms with Crippen molar-refractivity contribution in [3.05, 3.63) is 35.4 Å². The quantitative estimate of drug-likeness (QED) is 0.802. The van der Waals surface area contributed by atoms with Crippen molar-refractivity contribution in [1.29, 1.82) is 0 Å². The Morgan fingerprint density at radius 1 is 1.20 bits per heavy atom. The van der Waals surface area contributed by atoms with Crippen LogP contribution in [-0.4, -0.2) is 12.6 Å². The Labute approximate surface area is 124 Å². The van der Waals surface area contributed by atoms with E-state index < -0.39 is 0 Å². The zero-order valence-electron chi connectivity index (χ0n) is 13.1. The van der Waals surface area contributed by atoms with Crippen LogP contribution in [0, 0.1) is 11.8 Å². The van der Waals surface area contributed by atoms with Gasteiger partial charge in [0.15, 0.2) is 0 Å². The predicted molar refractivity (Wildman–Crippen MR) is 86.1 cm³/mol. The van der Waals surface area contributed by atoms with Crippen LogP contribution >= 0.6 is 0 Å². The van der Waals surface area contributed by atoms with Gasteiger partial charge in [-0.1, -0.05) is 51.0 Å². The fourth-order valence-electron chi connectivity index (χ4n) is 4.43. The molecule has 2 aliphatic rings. The first-order valence-corrected chi connectivity index (χ1v) is 8.63. The molecule has 3 rings (SSSR count). The Morgan fingerprint density at radius 3 is 2.75 bits per heavy atom. The molecule has 1 N–H and O–H groups in total. The van der Waals surface area contributed by atoms with Crippen LogP contribution in [0.1, 0.15) is 63.0 Å². The van der Waals surface area contributed by atoms with Crippen molar-refractivity contribution in [2.45, 2.75) is 64.3 Å². The summed E-state index contributed by atoms with van der Waals surface area (Å²) in [7, 11) is 0. The molecular formula is C19H29N. The van der Waals surface area contributed by atoms with Gasteiger partial charge in [-0.15, -0.1) is 0 Å². The zero-order chi connectivity index (χ0) is 13.9. The number of fused-ring (bicyclic) bond motifs is 1. The summed E-state index contributed by atoms with van der Waals surface area (Å²) >= 11 is 0. The van der Waals surface area contributed by atoms with E-state index in [1.165, 1.54) is 38.5 Å². The topological polar surface area (TPSA) is 12.0 Å².